The zero-order chi connectivity index (χ0) is 30.8. The van der Waals surface area contributed by atoms with Crippen molar-refractivity contribution >= 4 is 34.9 Å². The lowest BCUT2D eigenvalue weighted by atomic mass is 9.44. The fourth-order valence-electron chi connectivity index (χ4n) is 9.23. The molecule has 232 valence electrons. The third kappa shape index (κ3) is 4.68. The predicted octanol–water partition coefficient (Wildman–Crippen LogP) is 3.96. The lowest BCUT2D eigenvalue weighted by Gasteiger charge is -2.61. The van der Waals surface area contributed by atoms with Crippen LogP contribution in [0.3, 0.4) is 0 Å². The number of hydrogen-bond donors (Lipinski definition) is 1. The Kier molecular flexibility index (Phi) is 8.27. The lowest BCUT2D eigenvalue weighted by molar-refractivity contribution is -0.205. The zero-order valence-electron chi connectivity index (χ0n) is 26.1. The Labute approximate surface area is 253 Å². The Balaban J connectivity index is 1.34. The quantitative estimate of drug-likeness (QED) is 0.283. The largest absolute Gasteiger partial charge is 0.461 e. The van der Waals surface area contributed by atoms with Crippen LogP contribution in [0.4, 0.5) is 11.4 Å². The molecule has 1 aliphatic heterocycles. The number of ketones is 1. The molecule has 1 unspecified atom stereocenters. The Morgan fingerprint density at radius 2 is 1.88 bits per heavy atom. The number of ether oxygens (including phenoxy) is 1. The van der Waals surface area contributed by atoms with Gasteiger partial charge in [-0.05, 0) is 55.8 Å². The number of anilines is 2. The van der Waals surface area contributed by atoms with E-state index in [4.69, 9.17) is 4.74 Å². The molecule has 5 rings (SSSR count). The normalized spacial score (nSPS) is 40.3. The van der Waals surface area contributed by atoms with E-state index in [-0.39, 0.29) is 45.9 Å². The summed E-state index contributed by atoms with van der Waals surface area (Å²) in [5.74, 6) is -0.0146. The first-order valence-electron chi connectivity index (χ1n) is 15.6. The van der Waals surface area contributed by atoms with Gasteiger partial charge in [0.25, 0.3) is 10.9 Å². The summed E-state index contributed by atoms with van der Waals surface area (Å²) in [5.41, 5.74) is -1.40. The van der Waals surface area contributed by atoms with E-state index in [1.807, 2.05) is 17.9 Å². The monoisotopic (exact) mass is 600 g/mol. The molecule has 4 aliphatic rings. The maximum absolute atomic E-state index is 13.6. The maximum Gasteiger partial charge on any atom is 0.316 e. The fraction of sp³-hybridized carbons (Fsp3) is 0.758. The number of Topliss-reactive ketones (excluding diaryl/α,β-unsaturated/α-hetero) is 1. The second-order valence-corrected chi connectivity index (χ2v) is 15.6. The zero-order valence-corrected chi connectivity index (χ0v) is 26.9. The van der Waals surface area contributed by atoms with Crippen molar-refractivity contribution in [2.75, 3.05) is 42.7 Å². The van der Waals surface area contributed by atoms with Crippen molar-refractivity contribution in [3.8, 4) is 0 Å². The van der Waals surface area contributed by atoms with Crippen molar-refractivity contribution in [3.63, 3.8) is 0 Å². The van der Waals surface area contributed by atoms with Gasteiger partial charge < -0.3 is 19.6 Å². The van der Waals surface area contributed by atoms with Crippen molar-refractivity contribution in [3.05, 3.63) is 33.1 Å². The van der Waals surface area contributed by atoms with Crippen molar-refractivity contribution in [2.24, 2.45) is 34.0 Å². The molecule has 42 heavy (non-hydrogen) atoms. The number of piperidine rings is 1. The Bertz CT molecular complexity index is 1320. The van der Waals surface area contributed by atoms with Gasteiger partial charge in [-0.1, -0.05) is 33.8 Å². The standard InChI is InChI=1S/C33H48N2O6S/c1-8-31(4)16-23(32(5)19(2)11-13-33(20(3)30(31)40)14-12-22(36)29(32)33)41-24(37)18-42-21-10-9-15-35(17-21)26-25(34(6)7)27(38)28(26)39/h8,19-21,23,29-30,40H,1,9-18H2,2-7H3/t19-,20+,21?,23-,29+,30+,31-,32+,33+/m1/s1. The molecular weight excluding hydrogens is 552 g/mol. The van der Waals surface area contributed by atoms with E-state index in [2.05, 4.69) is 27.4 Å². The number of aliphatic hydroxyl groups is 1. The minimum absolute atomic E-state index is 0.0637. The molecule has 3 aliphatic carbocycles. The Hall–Kier alpha value is -2.13. The summed E-state index contributed by atoms with van der Waals surface area (Å²) in [6.07, 6.45) is 5.96. The number of nitrogens with zero attached hydrogens (tertiary/aromatic N) is 2. The van der Waals surface area contributed by atoms with Crippen LogP contribution >= 0.6 is 11.8 Å². The van der Waals surface area contributed by atoms with Gasteiger partial charge in [-0.2, -0.15) is 0 Å². The van der Waals surface area contributed by atoms with Crippen LogP contribution in [0.2, 0.25) is 0 Å². The smallest absolute Gasteiger partial charge is 0.316 e. The number of rotatable bonds is 7. The SMILES string of the molecule is C=C[C@]1(C)C[C@@H](OC(=O)CSC2CCCN(c3c(N(C)C)c(=O)c3=O)C2)[C@]2(C)[C@H](C)CC[C@]3(CCC(=O)[C@H]32)[C@@H](C)[C@@H]1O. The first-order chi connectivity index (χ1) is 19.7. The van der Waals surface area contributed by atoms with Gasteiger partial charge in [-0.15, -0.1) is 18.3 Å². The van der Waals surface area contributed by atoms with Gasteiger partial charge in [0, 0.05) is 55.6 Å². The van der Waals surface area contributed by atoms with Crippen LogP contribution in [0.1, 0.15) is 72.6 Å². The maximum atomic E-state index is 13.6. The summed E-state index contributed by atoms with van der Waals surface area (Å²) in [6, 6.07) is 0. The molecule has 1 saturated heterocycles. The Morgan fingerprint density at radius 3 is 2.55 bits per heavy atom. The van der Waals surface area contributed by atoms with E-state index in [9.17, 15) is 24.3 Å². The second kappa shape index (κ2) is 11.1. The van der Waals surface area contributed by atoms with Crippen LogP contribution in [0.25, 0.3) is 0 Å². The van der Waals surface area contributed by atoms with Crippen LogP contribution < -0.4 is 20.7 Å². The first-order valence-corrected chi connectivity index (χ1v) is 16.7. The highest BCUT2D eigenvalue weighted by Gasteiger charge is 2.68. The molecule has 3 saturated carbocycles. The molecule has 0 radical (unpaired) electrons. The molecule has 9 heteroatoms. The minimum atomic E-state index is -0.687. The van der Waals surface area contributed by atoms with Crippen molar-refractivity contribution < 1.29 is 19.4 Å². The van der Waals surface area contributed by atoms with Crippen molar-refractivity contribution in [1.82, 2.24) is 0 Å². The van der Waals surface area contributed by atoms with E-state index in [1.54, 1.807) is 19.0 Å². The van der Waals surface area contributed by atoms with Crippen molar-refractivity contribution in [1.29, 1.82) is 0 Å². The Morgan fingerprint density at radius 1 is 1.17 bits per heavy atom. The molecule has 1 aromatic carbocycles. The van der Waals surface area contributed by atoms with Crippen LogP contribution in [0.5, 0.6) is 0 Å². The molecule has 2 bridgehead atoms. The van der Waals surface area contributed by atoms with Gasteiger partial charge in [-0.3, -0.25) is 19.2 Å². The summed E-state index contributed by atoms with van der Waals surface area (Å²) >= 11 is 1.53. The van der Waals surface area contributed by atoms with Gasteiger partial charge in [0.2, 0.25) is 0 Å². The van der Waals surface area contributed by atoms with Crippen LogP contribution in [-0.4, -0.2) is 67.3 Å². The third-order valence-electron chi connectivity index (χ3n) is 12.0. The highest BCUT2D eigenvalue weighted by atomic mass is 32.2. The molecule has 4 fully saturated rings. The molecule has 1 heterocycles. The van der Waals surface area contributed by atoms with Gasteiger partial charge in [0.1, 0.15) is 23.3 Å². The predicted molar refractivity (Wildman–Crippen MR) is 168 cm³/mol. The van der Waals surface area contributed by atoms with E-state index in [0.717, 1.165) is 32.1 Å². The average Bonchev–Trinajstić information content (AvgIpc) is 3.32. The summed E-state index contributed by atoms with van der Waals surface area (Å²) in [4.78, 5) is 55.4. The van der Waals surface area contributed by atoms with Gasteiger partial charge in [-0.25, -0.2) is 0 Å². The lowest BCUT2D eigenvalue weighted by Crippen LogP contribution is -2.63. The number of thioether (sulfide) groups is 1. The highest BCUT2D eigenvalue weighted by molar-refractivity contribution is 8.00. The molecule has 1 N–H and O–H groups in total. The number of aliphatic hydroxyl groups excluding tert-OH is 1. The number of carbonyl (C=O) groups excluding carboxylic acids is 2. The molecule has 0 aromatic heterocycles. The van der Waals surface area contributed by atoms with Crippen LogP contribution in [0, 0.1) is 34.0 Å². The summed E-state index contributed by atoms with van der Waals surface area (Å²) in [7, 11) is 3.55. The van der Waals surface area contributed by atoms with Crippen molar-refractivity contribution in [2.45, 2.75) is 90.1 Å². The van der Waals surface area contributed by atoms with E-state index >= 15 is 0 Å². The topological polar surface area (TPSA) is 104 Å². The second-order valence-electron chi connectivity index (χ2n) is 14.3. The first kappa shape index (κ1) is 31.3. The molecular formula is C33H48N2O6S. The number of carbonyl (C=O) groups is 2. The third-order valence-corrected chi connectivity index (χ3v) is 13.3. The fourth-order valence-corrected chi connectivity index (χ4v) is 10.3. The van der Waals surface area contributed by atoms with Crippen LogP contribution in [0.15, 0.2) is 22.2 Å². The highest BCUT2D eigenvalue weighted by Crippen LogP contribution is 2.68. The average molecular weight is 601 g/mol. The van der Waals surface area contributed by atoms with E-state index in [1.165, 1.54) is 11.8 Å². The van der Waals surface area contributed by atoms with Gasteiger partial charge in [0.05, 0.1) is 11.9 Å². The molecule has 9 atom stereocenters. The molecule has 0 amide bonds. The molecule has 8 nitrogen and oxygen atoms in total. The van der Waals surface area contributed by atoms with Gasteiger partial charge >= 0.3 is 5.97 Å². The molecule has 1 aromatic rings. The van der Waals surface area contributed by atoms with Crippen LogP contribution in [-0.2, 0) is 14.3 Å². The summed E-state index contributed by atoms with van der Waals surface area (Å²) < 4.78 is 6.40. The van der Waals surface area contributed by atoms with Gasteiger partial charge in [0.15, 0.2) is 0 Å². The number of esters is 1. The summed E-state index contributed by atoms with van der Waals surface area (Å²) in [5, 5.41) is 11.8. The van der Waals surface area contributed by atoms with E-state index in [0.29, 0.717) is 37.3 Å². The van der Waals surface area contributed by atoms with E-state index < -0.39 is 33.9 Å². The minimum Gasteiger partial charge on any atom is -0.461 e. The molecule has 0 spiro atoms. The summed E-state index contributed by atoms with van der Waals surface area (Å²) in [6.45, 7) is 13.9. The number of hydrogen-bond acceptors (Lipinski definition) is 9.